The van der Waals surface area contributed by atoms with E-state index < -0.39 is 36.0 Å². The normalized spacial score (nSPS) is 21.0. The fourth-order valence-corrected chi connectivity index (χ4v) is 3.96. The van der Waals surface area contributed by atoms with Crippen molar-refractivity contribution >= 4 is 29.2 Å². The SMILES string of the molecule is C[C@@H](O)[C@H]1C(=O)N2C(C(=O)O)=C(c3cccc(OC(=O)Nc4cccnc4)c3)C[C@H]12. The van der Waals surface area contributed by atoms with Crippen molar-refractivity contribution in [2.45, 2.75) is 25.5 Å². The zero-order valence-corrected chi connectivity index (χ0v) is 16.0. The number of fused-ring (bicyclic) bond motifs is 1. The lowest BCUT2D eigenvalue weighted by Gasteiger charge is -2.44. The molecule has 0 unspecified atom stereocenters. The highest BCUT2D eigenvalue weighted by Gasteiger charge is 2.56. The van der Waals surface area contributed by atoms with Crippen molar-refractivity contribution in [1.29, 1.82) is 0 Å². The van der Waals surface area contributed by atoms with Crippen molar-refractivity contribution < 1.29 is 29.3 Å². The molecule has 3 N–H and O–H groups in total. The highest BCUT2D eigenvalue weighted by Crippen LogP contribution is 2.47. The number of aliphatic hydroxyl groups excluding tert-OH is 1. The minimum Gasteiger partial charge on any atom is -0.477 e. The number of amides is 2. The van der Waals surface area contributed by atoms with Crippen LogP contribution in [0.25, 0.3) is 5.57 Å². The number of nitrogens with zero attached hydrogens (tertiary/aromatic N) is 2. The quantitative estimate of drug-likeness (QED) is 0.645. The molecule has 9 heteroatoms. The third-order valence-corrected chi connectivity index (χ3v) is 5.23. The van der Waals surface area contributed by atoms with Gasteiger partial charge in [0.15, 0.2) is 0 Å². The van der Waals surface area contributed by atoms with Gasteiger partial charge in [0.05, 0.1) is 29.9 Å². The number of hydrogen-bond donors (Lipinski definition) is 3. The number of β-lactam (4-membered cyclic amide) rings is 1. The van der Waals surface area contributed by atoms with E-state index in [-0.39, 0.29) is 11.4 Å². The van der Waals surface area contributed by atoms with Crippen LogP contribution in [0, 0.1) is 5.92 Å². The van der Waals surface area contributed by atoms with E-state index in [0.717, 1.165) is 0 Å². The van der Waals surface area contributed by atoms with E-state index in [2.05, 4.69) is 10.3 Å². The van der Waals surface area contributed by atoms with Crippen molar-refractivity contribution in [2.75, 3.05) is 5.32 Å². The first-order valence-corrected chi connectivity index (χ1v) is 9.33. The Morgan fingerprint density at radius 2 is 2.10 bits per heavy atom. The Hall–Kier alpha value is -3.72. The van der Waals surface area contributed by atoms with Crippen LogP contribution in [0.1, 0.15) is 18.9 Å². The van der Waals surface area contributed by atoms with Gasteiger partial charge in [0.1, 0.15) is 11.4 Å². The van der Waals surface area contributed by atoms with Gasteiger partial charge in [-0.25, -0.2) is 9.59 Å². The van der Waals surface area contributed by atoms with Gasteiger partial charge < -0.3 is 19.8 Å². The lowest BCUT2D eigenvalue weighted by molar-refractivity contribution is -0.161. The lowest BCUT2D eigenvalue weighted by atomic mass is 9.82. The third-order valence-electron chi connectivity index (χ3n) is 5.23. The van der Waals surface area contributed by atoms with Gasteiger partial charge in [-0.15, -0.1) is 0 Å². The summed E-state index contributed by atoms with van der Waals surface area (Å²) >= 11 is 0. The number of aromatic nitrogens is 1. The van der Waals surface area contributed by atoms with E-state index in [1.165, 1.54) is 18.0 Å². The molecule has 0 bridgehead atoms. The molecule has 9 nitrogen and oxygen atoms in total. The third kappa shape index (κ3) is 3.39. The largest absolute Gasteiger partial charge is 0.477 e. The average Bonchev–Trinajstić information content (AvgIpc) is 3.04. The molecule has 3 atom stereocenters. The summed E-state index contributed by atoms with van der Waals surface area (Å²) in [4.78, 5) is 41.4. The Balaban J connectivity index is 1.57. The van der Waals surface area contributed by atoms with Gasteiger partial charge in [-0.2, -0.15) is 0 Å². The second kappa shape index (κ2) is 7.60. The molecule has 154 valence electrons. The second-order valence-corrected chi connectivity index (χ2v) is 7.16. The van der Waals surface area contributed by atoms with Gasteiger partial charge in [-0.3, -0.25) is 15.1 Å². The van der Waals surface area contributed by atoms with Crippen LogP contribution >= 0.6 is 0 Å². The highest BCUT2D eigenvalue weighted by molar-refractivity contribution is 6.06. The first-order chi connectivity index (χ1) is 14.4. The topological polar surface area (TPSA) is 129 Å². The van der Waals surface area contributed by atoms with Gasteiger partial charge in [-0.1, -0.05) is 12.1 Å². The summed E-state index contributed by atoms with van der Waals surface area (Å²) < 4.78 is 5.30. The molecule has 0 saturated carbocycles. The number of carboxylic acid groups (broad SMARTS) is 1. The maximum Gasteiger partial charge on any atom is 0.417 e. The first-order valence-electron chi connectivity index (χ1n) is 9.33. The number of rotatable bonds is 5. The molecule has 0 radical (unpaired) electrons. The highest BCUT2D eigenvalue weighted by atomic mass is 16.6. The molecular formula is C21H19N3O6. The van der Waals surface area contributed by atoms with Crippen LogP contribution in [0.5, 0.6) is 5.75 Å². The molecule has 1 fully saturated rings. The van der Waals surface area contributed by atoms with Crippen molar-refractivity contribution in [3.05, 3.63) is 60.1 Å². The standard InChI is InChI=1S/C21H19N3O6/c1-11(25)17-16-9-15(18(20(27)28)24(16)19(17)26)12-4-2-6-14(8-12)30-21(29)23-13-5-3-7-22-10-13/h2-8,10-11,16-17,25H,9H2,1H3,(H,23,29)(H,27,28)/t11-,16-,17-/m1/s1. The molecule has 2 aromatic rings. The number of benzene rings is 1. The minimum absolute atomic E-state index is 0.0983. The fourth-order valence-electron chi connectivity index (χ4n) is 3.96. The number of pyridine rings is 1. The van der Waals surface area contributed by atoms with Gasteiger partial charge in [-0.05, 0) is 48.7 Å². The molecule has 30 heavy (non-hydrogen) atoms. The molecule has 4 rings (SSSR count). The van der Waals surface area contributed by atoms with E-state index in [1.54, 1.807) is 42.6 Å². The smallest absolute Gasteiger partial charge is 0.417 e. The van der Waals surface area contributed by atoms with E-state index in [0.29, 0.717) is 23.2 Å². The Labute approximate surface area is 171 Å². The molecule has 1 aromatic heterocycles. The number of nitrogens with one attached hydrogen (secondary N) is 1. The molecule has 2 aliphatic heterocycles. The van der Waals surface area contributed by atoms with E-state index in [4.69, 9.17) is 4.74 Å². The zero-order valence-electron chi connectivity index (χ0n) is 16.0. The summed E-state index contributed by atoms with van der Waals surface area (Å²) in [6, 6.07) is 9.39. The summed E-state index contributed by atoms with van der Waals surface area (Å²) in [5, 5.41) is 22.1. The number of carbonyl (C=O) groups is 3. The van der Waals surface area contributed by atoms with E-state index >= 15 is 0 Å². The van der Waals surface area contributed by atoms with Crippen molar-refractivity contribution in [3.8, 4) is 5.75 Å². The Morgan fingerprint density at radius 3 is 2.77 bits per heavy atom. The van der Waals surface area contributed by atoms with Crippen LogP contribution in [0.4, 0.5) is 10.5 Å². The van der Waals surface area contributed by atoms with Crippen LogP contribution in [0.3, 0.4) is 0 Å². The number of aliphatic carboxylic acids is 1. The van der Waals surface area contributed by atoms with E-state index in [1.807, 2.05) is 0 Å². The number of anilines is 1. The predicted octanol–water partition coefficient (Wildman–Crippen LogP) is 2.10. The predicted molar refractivity (Wildman–Crippen MR) is 105 cm³/mol. The molecule has 1 aromatic carbocycles. The molecule has 2 aliphatic rings. The minimum atomic E-state index is -1.22. The Kier molecular flexibility index (Phi) is 4.96. The number of ether oxygens (including phenoxy) is 1. The van der Waals surface area contributed by atoms with Crippen molar-refractivity contribution in [3.63, 3.8) is 0 Å². The molecule has 0 spiro atoms. The monoisotopic (exact) mass is 409 g/mol. The lowest BCUT2D eigenvalue weighted by Crippen LogP contribution is -2.61. The number of carboxylic acids is 1. The number of hydrogen-bond acceptors (Lipinski definition) is 6. The van der Waals surface area contributed by atoms with Gasteiger partial charge in [0.25, 0.3) is 0 Å². The van der Waals surface area contributed by atoms with Gasteiger partial charge >= 0.3 is 12.1 Å². The van der Waals surface area contributed by atoms with Gasteiger partial charge in [0, 0.05) is 6.20 Å². The van der Waals surface area contributed by atoms with E-state index in [9.17, 15) is 24.6 Å². The van der Waals surface area contributed by atoms with Gasteiger partial charge in [0.2, 0.25) is 5.91 Å². The maximum absolute atomic E-state index is 12.3. The van der Waals surface area contributed by atoms with Crippen LogP contribution in [-0.4, -0.2) is 50.2 Å². The van der Waals surface area contributed by atoms with Crippen LogP contribution in [0.2, 0.25) is 0 Å². The fraction of sp³-hybridized carbons (Fsp3) is 0.238. The second-order valence-electron chi connectivity index (χ2n) is 7.16. The molecular weight excluding hydrogens is 390 g/mol. The summed E-state index contributed by atoms with van der Waals surface area (Å²) in [5.74, 6) is -2.02. The van der Waals surface area contributed by atoms with Crippen LogP contribution < -0.4 is 10.1 Å². The molecule has 2 amide bonds. The summed E-state index contributed by atoms with van der Waals surface area (Å²) in [5.41, 5.74) is 1.36. The van der Waals surface area contributed by atoms with Crippen molar-refractivity contribution in [2.24, 2.45) is 5.92 Å². The zero-order chi connectivity index (χ0) is 21.4. The Morgan fingerprint density at radius 1 is 1.30 bits per heavy atom. The number of carbonyl (C=O) groups excluding carboxylic acids is 2. The first kappa shape index (κ1) is 19.6. The average molecular weight is 409 g/mol. The van der Waals surface area contributed by atoms with Crippen LogP contribution in [-0.2, 0) is 9.59 Å². The summed E-state index contributed by atoms with van der Waals surface area (Å²) in [6.45, 7) is 1.52. The maximum atomic E-state index is 12.3. The molecule has 3 heterocycles. The Bertz CT molecular complexity index is 1050. The molecule has 1 saturated heterocycles. The summed E-state index contributed by atoms with van der Waals surface area (Å²) in [6.07, 6.45) is 1.77. The van der Waals surface area contributed by atoms with Crippen molar-refractivity contribution in [1.82, 2.24) is 9.88 Å². The summed E-state index contributed by atoms with van der Waals surface area (Å²) in [7, 11) is 0. The van der Waals surface area contributed by atoms with Crippen LogP contribution in [0.15, 0.2) is 54.5 Å². The number of aliphatic hydroxyl groups is 1. The molecule has 0 aliphatic carbocycles.